The number of nitrogens with zero attached hydrogens (tertiary/aromatic N) is 2. The van der Waals surface area contributed by atoms with Crippen molar-refractivity contribution < 1.29 is 9.53 Å². The summed E-state index contributed by atoms with van der Waals surface area (Å²) >= 11 is 1.59. The summed E-state index contributed by atoms with van der Waals surface area (Å²) in [5.74, 6) is 2.00. The van der Waals surface area contributed by atoms with Gasteiger partial charge in [0.1, 0.15) is 5.75 Å². The highest BCUT2D eigenvalue weighted by Crippen LogP contribution is 2.16. The van der Waals surface area contributed by atoms with Crippen molar-refractivity contribution in [1.82, 2.24) is 10.3 Å². The van der Waals surface area contributed by atoms with Crippen molar-refractivity contribution in [1.29, 1.82) is 0 Å². The van der Waals surface area contributed by atoms with Crippen LogP contribution in [0.5, 0.6) is 5.75 Å². The number of methoxy groups -OCH3 is 1. The van der Waals surface area contributed by atoms with Crippen LogP contribution in [-0.2, 0) is 17.1 Å². The molecule has 0 spiro atoms. The molecule has 28 heavy (non-hydrogen) atoms. The first-order chi connectivity index (χ1) is 13.7. The van der Waals surface area contributed by atoms with E-state index in [9.17, 15) is 4.79 Å². The number of nitrogens with one attached hydrogen (secondary N) is 1. The Balaban J connectivity index is 1.33. The van der Waals surface area contributed by atoms with Gasteiger partial charge in [-0.1, -0.05) is 42.5 Å². The maximum Gasteiger partial charge on any atom is 0.250 e. The monoisotopic (exact) mass is 397 g/mol. The lowest BCUT2D eigenvalue weighted by atomic mass is 10.1. The molecule has 1 aliphatic heterocycles. The predicted molar refractivity (Wildman–Crippen MR) is 116 cm³/mol. The van der Waals surface area contributed by atoms with Crippen molar-refractivity contribution in [3.63, 3.8) is 0 Å². The van der Waals surface area contributed by atoms with Crippen molar-refractivity contribution in [2.24, 2.45) is 5.10 Å². The summed E-state index contributed by atoms with van der Waals surface area (Å²) in [5.41, 5.74) is 6.31. The molecule has 0 radical (unpaired) electrons. The topological polar surface area (TPSA) is 53.9 Å². The highest BCUT2D eigenvalue weighted by molar-refractivity contribution is 7.99. The first-order valence-corrected chi connectivity index (χ1v) is 10.7. The first kappa shape index (κ1) is 20.4. The first-order valence-electron chi connectivity index (χ1n) is 9.54. The Bertz CT molecular complexity index is 768. The number of hydrazone groups is 1. The maximum atomic E-state index is 12.0. The van der Waals surface area contributed by atoms with Crippen LogP contribution < -0.4 is 10.2 Å². The number of rotatable bonds is 8. The molecule has 0 saturated carbocycles. The van der Waals surface area contributed by atoms with Gasteiger partial charge in [0.25, 0.3) is 0 Å². The molecule has 1 fully saturated rings. The zero-order valence-corrected chi connectivity index (χ0v) is 17.1. The van der Waals surface area contributed by atoms with Crippen molar-refractivity contribution in [2.45, 2.75) is 25.1 Å². The van der Waals surface area contributed by atoms with Crippen molar-refractivity contribution in [2.75, 3.05) is 26.0 Å². The maximum absolute atomic E-state index is 12.0. The van der Waals surface area contributed by atoms with Gasteiger partial charge in [-0.2, -0.15) is 5.10 Å². The van der Waals surface area contributed by atoms with E-state index in [1.165, 1.54) is 11.1 Å². The lowest BCUT2D eigenvalue weighted by Gasteiger charge is -2.27. The van der Waals surface area contributed by atoms with Crippen molar-refractivity contribution in [3.05, 3.63) is 65.7 Å². The Morgan fingerprint density at radius 1 is 1.07 bits per heavy atom. The standard InChI is InChI=1S/C22H27N3O2S/c1-27-21-9-7-19(8-10-21)16-28-17-22(26)24-23-20-11-13-25(14-12-20)15-18-5-3-2-4-6-18/h2-10H,11-17H2,1H3,(H,24,26). The Morgan fingerprint density at radius 3 is 2.46 bits per heavy atom. The van der Waals surface area contributed by atoms with Crippen molar-refractivity contribution in [3.8, 4) is 5.75 Å². The fourth-order valence-electron chi connectivity index (χ4n) is 3.08. The van der Waals surface area contributed by atoms with Gasteiger partial charge < -0.3 is 4.74 Å². The van der Waals surface area contributed by atoms with Crippen LogP contribution in [0, 0.1) is 0 Å². The molecule has 0 atom stereocenters. The predicted octanol–water partition coefficient (Wildman–Crippen LogP) is 3.70. The molecular weight excluding hydrogens is 370 g/mol. The summed E-state index contributed by atoms with van der Waals surface area (Å²) in [5, 5.41) is 4.33. The Kier molecular flexibility index (Phi) is 7.94. The van der Waals surface area contributed by atoms with Gasteiger partial charge in [0.05, 0.1) is 12.9 Å². The summed E-state index contributed by atoms with van der Waals surface area (Å²) in [4.78, 5) is 14.4. The normalized spacial score (nSPS) is 14.5. The van der Waals surface area contributed by atoms with E-state index in [1.54, 1.807) is 18.9 Å². The molecule has 1 amide bonds. The zero-order chi connectivity index (χ0) is 19.6. The summed E-state index contributed by atoms with van der Waals surface area (Å²) in [6.45, 7) is 2.94. The molecule has 1 aliphatic rings. The van der Waals surface area contributed by atoms with Crippen LogP contribution in [0.2, 0.25) is 0 Å². The fraction of sp³-hybridized carbons (Fsp3) is 0.364. The van der Waals surface area contributed by atoms with Gasteiger partial charge in [0, 0.05) is 43.9 Å². The van der Waals surface area contributed by atoms with E-state index in [0.29, 0.717) is 5.75 Å². The Labute approximate surface area is 171 Å². The molecule has 2 aromatic rings. The van der Waals surface area contributed by atoms with Crippen LogP contribution in [0.25, 0.3) is 0 Å². The van der Waals surface area contributed by atoms with E-state index in [0.717, 1.165) is 49.7 Å². The molecule has 0 unspecified atom stereocenters. The molecule has 5 nitrogen and oxygen atoms in total. The van der Waals surface area contributed by atoms with Gasteiger partial charge in [-0.15, -0.1) is 11.8 Å². The molecule has 0 aliphatic carbocycles. The molecule has 0 bridgehead atoms. The quantitative estimate of drug-likeness (QED) is 0.690. The average Bonchev–Trinajstić information content (AvgIpc) is 2.74. The second kappa shape index (κ2) is 10.9. The molecule has 1 heterocycles. The molecule has 148 valence electrons. The number of carbonyl (C=O) groups excluding carboxylic acids is 1. The van der Waals surface area contributed by atoms with Gasteiger partial charge in [0.2, 0.25) is 5.91 Å². The van der Waals surface area contributed by atoms with E-state index in [-0.39, 0.29) is 5.91 Å². The van der Waals surface area contributed by atoms with Crippen LogP contribution in [0.15, 0.2) is 59.7 Å². The zero-order valence-electron chi connectivity index (χ0n) is 16.3. The molecule has 2 aromatic carbocycles. The molecule has 0 aromatic heterocycles. The molecule has 3 rings (SSSR count). The van der Waals surface area contributed by atoms with E-state index in [1.807, 2.05) is 30.3 Å². The summed E-state index contributed by atoms with van der Waals surface area (Å²) in [6.07, 6.45) is 1.82. The molecule has 6 heteroatoms. The number of carbonyl (C=O) groups is 1. The van der Waals surface area contributed by atoms with Crippen LogP contribution in [0.3, 0.4) is 0 Å². The lowest BCUT2D eigenvalue weighted by molar-refractivity contribution is -0.118. The highest BCUT2D eigenvalue weighted by Gasteiger charge is 2.15. The van der Waals surface area contributed by atoms with Gasteiger partial charge in [0.15, 0.2) is 0 Å². The number of piperidine rings is 1. The molecular formula is C22H27N3O2S. The smallest absolute Gasteiger partial charge is 0.250 e. The second-order valence-electron chi connectivity index (χ2n) is 6.82. The number of ether oxygens (including phenoxy) is 1. The van der Waals surface area contributed by atoms with Crippen molar-refractivity contribution >= 4 is 23.4 Å². The largest absolute Gasteiger partial charge is 0.497 e. The van der Waals surface area contributed by atoms with Crippen LogP contribution in [-0.4, -0.2) is 42.5 Å². The molecule has 1 N–H and O–H groups in total. The Hall–Kier alpha value is -2.31. The summed E-state index contributed by atoms with van der Waals surface area (Å²) in [7, 11) is 1.66. The minimum atomic E-state index is -0.0438. The third-order valence-corrected chi connectivity index (χ3v) is 5.69. The number of hydrogen-bond donors (Lipinski definition) is 1. The van der Waals surface area contributed by atoms with E-state index in [2.05, 4.69) is 39.7 Å². The minimum Gasteiger partial charge on any atom is -0.497 e. The van der Waals surface area contributed by atoms with Crippen LogP contribution >= 0.6 is 11.8 Å². The van der Waals surface area contributed by atoms with Gasteiger partial charge >= 0.3 is 0 Å². The minimum absolute atomic E-state index is 0.0438. The number of likely N-dealkylation sites (tertiary alicyclic amines) is 1. The Morgan fingerprint density at radius 2 is 1.79 bits per heavy atom. The van der Waals surface area contributed by atoms with Gasteiger partial charge in [-0.3, -0.25) is 9.69 Å². The third kappa shape index (κ3) is 6.69. The van der Waals surface area contributed by atoms with Gasteiger partial charge in [-0.05, 0) is 23.3 Å². The lowest BCUT2D eigenvalue weighted by Crippen LogP contribution is -2.34. The number of benzene rings is 2. The van der Waals surface area contributed by atoms with E-state index in [4.69, 9.17) is 4.74 Å². The van der Waals surface area contributed by atoms with E-state index < -0.39 is 0 Å². The third-order valence-electron chi connectivity index (χ3n) is 4.68. The SMILES string of the molecule is COc1ccc(CSCC(=O)NN=C2CCN(Cc3ccccc3)CC2)cc1. The van der Waals surface area contributed by atoms with Gasteiger partial charge in [-0.25, -0.2) is 5.43 Å². The number of hydrogen-bond acceptors (Lipinski definition) is 5. The molecule has 1 saturated heterocycles. The van der Waals surface area contributed by atoms with Crippen LogP contribution in [0.1, 0.15) is 24.0 Å². The second-order valence-corrected chi connectivity index (χ2v) is 7.80. The summed E-state index contributed by atoms with van der Waals surface area (Å²) < 4.78 is 5.15. The average molecular weight is 398 g/mol. The highest BCUT2D eigenvalue weighted by atomic mass is 32.2. The number of amides is 1. The van der Waals surface area contributed by atoms with E-state index >= 15 is 0 Å². The van der Waals surface area contributed by atoms with Crippen LogP contribution in [0.4, 0.5) is 0 Å². The summed E-state index contributed by atoms with van der Waals surface area (Å²) in [6, 6.07) is 18.4. The fourth-order valence-corrected chi connectivity index (χ4v) is 3.86. The number of thioether (sulfide) groups is 1.